The van der Waals surface area contributed by atoms with Crippen LogP contribution < -0.4 is 0 Å². The Kier molecular flexibility index (Phi) is 4.63. The fourth-order valence-corrected chi connectivity index (χ4v) is 1.11. The molecule has 0 saturated carbocycles. The minimum atomic E-state index is -0.562. The lowest BCUT2D eigenvalue weighted by molar-refractivity contribution is -0.418. The van der Waals surface area contributed by atoms with E-state index in [4.69, 9.17) is 5.11 Å². The summed E-state index contributed by atoms with van der Waals surface area (Å²) in [5.74, 6) is 0.202. The van der Waals surface area contributed by atoms with Gasteiger partial charge in [-0.25, -0.2) is 0 Å². The monoisotopic (exact) mass is 243 g/mol. The zero-order valence-corrected chi connectivity index (χ0v) is 9.74. The van der Waals surface area contributed by atoms with Crippen LogP contribution in [0.3, 0.4) is 0 Å². The Morgan fingerprint density at radius 1 is 1.17 bits per heavy atom. The second-order valence-electron chi connectivity index (χ2n) is 3.58. The molecule has 4 nitrogen and oxygen atoms in total. The Morgan fingerprint density at radius 3 is 2.33 bits per heavy atom. The van der Waals surface area contributed by atoms with Gasteiger partial charge in [0.15, 0.2) is 0 Å². The van der Waals surface area contributed by atoms with Crippen molar-refractivity contribution in [3.8, 4) is 5.75 Å². The number of hydrogen-bond acceptors (Lipinski definition) is 3. The maximum absolute atomic E-state index is 10.3. The first kappa shape index (κ1) is 13.4. The van der Waals surface area contributed by atoms with Crippen LogP contribution in [-0.4, -0.2) is 10.0 Å². The Morgan fingerprint density at radius 2 is 1.78 bits per heavy atom. The van der Waals surface area contributed by atoms with Gasteiger partial charge in [-0.15, -0.1) is 0 Å². The number of allylic oxidation sites excluding steroid dienone is 4. The van der Waals surface area contributed by atoms with Crippen molar-refractivity contribution in [1.29, 1.82) is 0 Å². The van der Waals surface area contributed by atoms with Crippen LogP contribution in [0, 0.1) is 10.1 Å². The molecule has 0 atom stereocenters. The van der Waals surface area contributed by atoms with Crippen molar-refractivity contribution in [3.63, 3.8) is 0 Å². The van der Waals surface area contributed by atoms with Gasteiger partial charge in [0.1, 0.15) is 5.75 Å². The van der Waals surface area contributed by atoms with Crippen LogP contribution in [-0.2, 0) is 0 Å². The van der Waals surface area contributed by atoms with Crippen molar-refractivity contribution in [1.82, 2.24) is 0 Å². The molecule has 92 valence electrons. The van der Waals surface area contributed by atoms with E-state index in [0.29, 0.717) is 5.57 Å². The average Bonchev–Trinajstić information content (AvgIpc) is 2.35. The van der Waals surface area contributed by atoms with Crippen molar-refractivity contribution in [2.45, 2.75) is 0 Å². The van der Waals surface area contributed by atoms with Crippen LogP contribution in [0.2, 0.25) is 0 Å². The summed E-state index contributed by atoms with van der Waals surface area (Å²) in [6.45, 7) is 7.01. The Hall–Kier alpha value is -2.62. The van der Waals surface area contributed by atoms with E-state index in [1.54, 1.807) is 36.4 Å². The predicted molar refractivity (Wildman–Crippen MR) is 71.6 cm³/mol. The number of aromatic hydroxyl groups is 1. The number of benzene rings is 1. The maximum atomic E-state index is 10.3. The van der Waals surface area contributed by atoms with E-state index in [-0.39, 0.29) is 11.4 Å². The summed E-state index contributed by atoms with van der Waals surface area (Å²) in [7, 11) is 0. The lowest BCUT2D eigenvalue weighted by atomic mass is 10.1. The molecule has 0 amide bonds. The van der Waals surface area contributed by atoms with Gasteiger partial charge < -0.3 is 5.11 Å². The normalized spacial score (nSPS) is 10.9. The summed E-state index contributed by atoms with van der Waals surface area (Å²) >= 11 is 0. The van der Waals surface area contributed by atoms with Crippen LogP contribution in [0.15, 0.2) is 66.9 Å². The highest BCUT2D eigenvalue weighted by molar-refractivity contribution is 5.55. The highest BCUT2D eigenvalue weighted by atomic mass is 16.6. The first-order chi connectivity index (χ1) is 8.49. The van der Waals surface area contributed by atoms with Gasteiger partial charge in [-0.2, -0.15) is 0 Å². The van der Waals surface area contributed by atoms with E-state index in [2.05, 4.69) is 13.2 Å². The van der Waals surface area contributed by atoms with Gasteiger partial charge in [0.25, 0.3) is 5.70 Å². The summed E-state index contributed by atoms with van der Waals surface area (Å²) in [5.41, 5.74) is 1.33. The fraction of sp³-hybridized carbons (Fsp3) is 0. The molecule has 0 unspecified atom stereocenters. The smallest absolute Gasteiger partial charge is 0.262 e. The van der Waals surface area contributed by atoms with E-state index in [1.165, 1.54) is 12.2 Å². The quantitative estimate of drug-likeness (QED) is 0.490. The molecule has 0 aliphatic rings. The molecule has 0 spiro atoms. The molecule has 0 heterocycles. The second-order valence-corrected chi connectivity index (χ2v) is 3.58. The Bertz CT molecular complexity index is 524. The van der Waals surface area contributed by atoms with Crippen molar-refractivity contribution in [2.24, 2.45) is 0 Å². The van der Waals surface area contributed by atoms with E-state index in [0.717, 1.165) is 5.56 Å². The highest BCUT2D eigenvalue weighted by Crippen LogP contribution is 2.12. The number of phenols is 1. The van der Waals surface area contributed by atoms with Gasteiger partial charge in [0.2, 0.25) is 0 Å². The second kappa shape index (κ2) is 6.20. The average molecular weight is 243 g/mol. The highest BCUT2D eigenvalue weighted by Gasteiger charge is 1.98. The van der Waals surface area contributed by atoms with Gasteiger partial charge in [-0.3, -0.25) is 10.1 Å². The van der Waals surface area contributed by atoms with Gasteiger partial charge >= 0.3 is 0 Å². The minimum absolute atomic E-state index is 0.186. The molecule has 0 fully saturated rings. The van der Waals surface area contributed by atoms with Crippen LogP contribution in [0.1, 0.15) is 5.56 Å². The number of rotatable bonds is 5. The summed E-state index contributed by atoms with van der Waals surface area (Å²) in [5, 5.41) is 19.4. The van der Waals surface area contributed by atoms with Crippen molar-refractivity contribution in [3.05, 3.63) is 82.6 Å². The third-order valence-corrected chi connectivity index (χ3v) is 2.11. The summed E-state index contributed by atoms with van der Waals surface area (Å²) < 4.78 is 0. The Balaban J connectivity index is 2.62. The first-order valence-corrected chi connectivity index (χ1v) is 5.16. The number of nitrogens with zero attached hydrogens (tertiary/aromatic N) is 1. The minimum Gasteiger partial charge on any atom is -0.508 e. The zero-order chi connectivity index (χ0) is 13.5. The number of hydrogen-bond donors (Lipinski definition) is 1. The molecule has 0 saturated heterocycles. The van der Waals surface area contributed by atoms with Crippen molar-refractivity contribution < 1.29 is 10.0 Å². The van der Waals surface area contributed by atoms with E-state index >= 15 is 0 Å². The molecule has 1 aromatic carbocycles. The largest absolute Gasteiger partial charge is 0.508 e. The van der Waals surface area contributed by atoms with Crippen LogP contribution >= 0.6 is 0 Å². The fourth-order valence-electron chi connectivity index (χ4n) is 1.11. The summed E-state index contributed by atoms with van der Waals surface area (Å²) in [6, 6.07) is 6.65. The summed E-state index contributed by atoms with van der Waals surface area (Å²) in [6.07, 6.45) is 6.32. The predicted octanol–water partition coefficient (Wildman–Crippen LogP) is 3.31. The molecule has 0 aromatic heterocycles. The lowest BCUT2D eigenvalue weighted by Crippen LogP contribution is -1.92. The van der Waals surface area contributed by atoms with Gasteiger partial charge in [-0.1, -0.05) is 30.9 Å². The molecular weight excluding hydrogens is 230 g/mol. The van der Waals surface area contributed by atoms with Gasteiger partial charge in [0.05, 0.1) is 4.92 Å². The molecular formula is C14H13NO3. The van der Waals surface area contributed by atoms with E-state index in [1.807, 2.05) is 0 Å². The molecule has 0 radical (unpaired) electrons. The third-order valence-electron chi connectivity index (χ3n) is 2.11. The molecule has 0 aliphatic heterocycles. The molecule has 0 aliphatic carbocycles. The Labute approximate surface area is 105 Å². The van der Waals surface area contributed by atoms with Crippen LogP contribution in [0.5, 0.6) is 5.75 Å². The number of nitro groups is 1. The van der Waals surface area contributed by atoms with Crippen molar-refractivity contribution >= 4 is 6.08 Å². The maximum Gasteiger partial charge on any atom is 0.262 e. The lowest BCUT2D eigenvalue weighted by Gasteiger charge is -1.94. The molecule has 0 bridgehead atoms. The first-order valence-electron chi connectivity index (χ1n) is 5.16. The molecule has 18 heavy (non-hydrogen) atoms. The van der Waals surface area contributed by atoms with E-state index in [9.17, 15) is 10.1 Å². The van der Waals surface area contributed by atoms with Crippen LogP contribution in [0.4, 0.5) is 0 Å². The molecule has 4 heteroatoms. The SMILES string of the molecule is C=C(/C=C\C(=C)[N+](=O)[O-])/C=C/c1ccc(O)cc1. The van der Waals surface area contributed by atoms with Crippen LogP contribution in [0.25, 0.3) is 6.08 Å². The third kappa shape index (κ3) is 4.49. The standard InChI is InChI=1S/C14H13NO3/c1-11(3-5-12(2)15(17)18)4-6-13-7-9-14(16)10-8-13/h3-10,16H,1-2H2/b5-3-,6-4+. The topological polar surface area (TPSA) is 63.4 Å². The number of phenolic OH excluding ortho intramolecular Hbond substituents is 1. The molecule has 1 rings (SSSR count). The molecule has 1 N–H and O–H groups in total. The van der Waals surface area contributed by atoms with Gasteiger partial charge in [0, 0.05) is 6.08 Å². The molecule has 1 aromatic rings. The van der Waals surface area contributed by atoms with Crippen molar-refractivity contribution in [2.75, 3.05) is 0 Å². The van der Waals surface area contributed by atoms with Gasteiger partial charge in [-0.05, 0) is 35.9 Å². The summed E-state index contributed by atoms with van der Waals surface area (Å²) in [4.78, 5) is 9.74. The van der Waals surface area contributed by atoms with E-state index < -0.39 is 4.92 Å². The zero-order valence-electron chi connectivity index (χ0n) is 9.74.